The highest BCUT2D eigenvalue weighted by Gasteiger charge is 2.03. The SMILES string of the molecule is N#Cc1cccc(C(=O)CI)c1. The molecule has 12 heavy (non-hydrogen) atoms. The number of nitrogens with zero attached hydrogens (tertiary/aromatic N) is 1. The number of hydrogen-bond donors (Lipinski definition) is 0. The number of hydrogen-bond acceptors (Lipinski definition) is 2. The number of Topliss-reactive ketones (excluding diaryl/α,β-unsaturated/α-hetero) is 1. The summed E-state index contributed by atoms with van der Waals surface area (Å²) < 4.78 is 0.451. The van der Waals surface area contributed by atoms with Crippen molar-refractivity contribution >= 4 is 28.4 Å². The normalized spacial score (nSPS) is 9.00. The lowest BCUT2D eigenvalue weighted by atomic mass is 10.1. The number of carbonyl (C=O) groups is 1. The first-order valence-electron chi connectivity index (χ1n) is 3.37. The summed E-state index contributed by atoms with van der Waals surface area (Å²) in [6.45, 7) is 0. The van der Waals surface area contributed by atoms with Gasteiger partial charge >= 0.3 is 0 Å². The van der Waals surface area contributed by atoms with Crippen LogP contribution in [0.4, 0.5) is 0 Å². The van der Waals surface area contributed by atoms with Gasteiger partial charge in [-0.05, 0) is 12.1 Å². The quantitative estimate of drug-likeness (QED) is 0.470. The van der Waals surface area contributed by atoms with Gasteiger partial charge in [-0.3, -0.25) is 4.79 Å². The second-order valence-corrected chi connectivity index (χ2v) is 3.01. The fourth-order valence-electron chi connectivity index (χ4n) is 0.839. The fraction of sp³-hybridized carbons (Fsp3) is 0.111. The van der Waals surface area contributed by atoms with Crippen LogP contribution in [0.1, 0.15) is 15.9 Å². The lowest BCUT2D eigenvalue weighted by Gasteiger charge is -1.95. The van der Waals surface area contributed by atoms with Crippen molar-refractivity contribution in [2.45, 2.75) is 0 Å². The van der Waals surface area contributed by atoms with Gasteiger partial charge in [-0.2, -0.15) is 5.26 Å². The van der Waals surface area contributed by atoms with Gasteiger partial charge in [0.15, 0.2) is 5.78 Å². The molecule has 0 saturated heterocycles. The van der Waals surface area contributed by atoms with Crippen LogP contribution in [0.15, 0.2) is 24.3 Å². The van der Waals surface area contributed by atoms with Crippen LogP contribution in [0, 0.1) is 11.3 Å². The van der Waals surface area contributed by atoms with Crippen molar-refractivity contribution in [1.82, 2.24) is 0 Å². The summed E-state index contributed by atoms with van der Waals surface area (Å²) in [6, 6.07) is 8.73. The standard InChI is InChI=1S/C9H6INO/c10-5-9(12)8-3-1-2-7(4-8)6-11/h1-4H,5H2. The maximum absolute atomic E-state index is 11.2. The lowest BCUT2D eigenvalue weighted by molar-refractivity contribution is 0.102. The van der Waals surface area contributed by atoms with Crippen molar-refractivity contribution < 1.29 is 4.79 Å². The van der Waals surface area contributed by atoms with E-state index in [-0.39, 0.29) is 5.78 Å². The maximum atomic E-state index is 11.2. The molecule has 0 radical (unpaired) electrons. The molecule has 0 heterocycles. The minimum atomic E-state index is 0.0627. The Bertz CT molecular complexity index is 341. The number of nitriles is 1. The highest BCUT2D eigenvalue weighted by atomic mass is 127. The highest BCUT2D eigenvalue weighted by molar-refractivity contribution is 14.1. The minimum Gasteiger partial charge on any atom is -0.293 e. The molecule has 0 aliphatic heterocycles. The molecule has 60 valence electrons. The molecule has 0 fully saturated rings. The molecule has 1 aromatic carbocycles. The van der Waals surface area contributed by atoms with E-state index >= 15 is 0 Å². The van der Waals surface area contributed by atoms with Crippen LogP contribution in [0.2, 0.25) is 0 Å². The fourth-order valence-corrected chi connectivity index (χ4v) is 1.28. The van der Waals surface area contributed by atoms with Crippen LogP contribution in [-0.2, 0) is 0 Å². The van der Waals surface area contributed by atoms with Crippen molar-refractivity contribution in [3.05, 3.63) is 35.4 Å². The van der Waals surface area contributed by atoms with Crippen LogP contribution in [-0.4, -0.2) is 10.2 Å². The van der Waals surface area contributed by atoms with Gasteiger partial charge in [-0.1, -0.05) is 34.7 Å². The van der Waals surface area contributed by atoms with Gasteiger partial charge in [0, 0.05) is 5.56 Å². The third-order valence-electron chi connectivity index (χ3n) is 1.44. The van der Waals surface area contributed by atoms with Crippen molar-refractivity contribution in [3.8, 4) is 6.07 Å². The van der Waals surface area contributed by atoms with Crippen LogP contribution in [0.3, 0.4) is 0 Å². The second kappa shape index (κ2) is 4.21. The van der Waals surface area contributed by atoms with Gasteiger partial charge in [0.25, 0.3) is 0 Å². The van der Waals surface area contributed by atoms with Crippen LogP contribution in [0.25, 0.3) is 0 Å². The predicted molar refractivity (Wildman–Crippen MR) is 54.4 cm³/mol. The van der Waals surface area contributed by atoms with E-state index in [0.717, 1.165) is 0 Å². The number of carbonyl (C=O) groups excluding carboxylic acids is 1. The third-order valence-corrected chi connectivity index (χ3v) is 2.13. The Labute approximate surface area is 84.3 Å². The molecule has 0 spiro atoms. The molecule has 0 aromatic heterocycles. The van der Waals surface area contributed by atoms with Gasteiger partial charge in [0.1, 0.15) is 0 Å². The monoisotopic (exact) mass is 271 g/mol. The van der Waals surface area contributed by atoms with Gasteiger partial charge in [-0.15, -0.1) is 0 Å². The Morgan fingerprint density at radius 3 is 2.92 bits per heavy atom. The Morgan fingerprint density at radius 2 is 2.33 bits per heavy atom. The molecule has 0 aliphatic carbocycles. The van der Waals surface area contributed by atoms with Crippen LogP contribution in [0.5, 0.6) is 0 Å². The zero-order valence-electron chi connectivity index (χ0n) is 6.25. The summed E-state index contributed by atoms with van der Waals surface area (Å²) in [6.07, 6.45) is 0. The number of rotatable bonds is 2. The first-order chi connectivity index (χ1) is 5.77. The summed E-state index contributed by atoms with van der Waals surface area (Å²) >= 11 is 2.01. The van der Waals surface area contributed by atoms with Crippen molar-refractivity contribution in [3.63, 3.8) is 0 Å². The molecule has 0 N–H and O–H groups in total. The molecule has 3 heteroatoms. The molecule has 1 aromatic rings. The number of halogens is 1. The molecule has 0 unspecified atom stereocenters. The van der Waals surface area contributed by atoms with E-state index in [1.807, 2.05) is 28.7 Å². The Hall–Kier alpha value is -0.890. The summed E-state index contributed by atoms with van der Waals surface area (Å²) in [7, 11) is 0. The van der Waals surface area contributed by atoms with E-state index in [0.29, 0.717) is 15.6 Å². The molecule has 0 aliphatic rings. The van der Waals surface area contributed by atoms with Crippen molar-refractivity contribution in [2.75, 3.05) is 4.43 Å². The molecule has 0 amide bonds. The predicted octanol–water partition coefficient (Wildman–Crippen LogP) is 2.18. The number of benzene rings is 1. The van der Waals surface area contributed by atoms with E-state index < -0.39 is 0 Å². The van der Waals surface area contributed by atoms with E-state index in [1.165, 1.54) is 0 Å². The maximum Gasteiger partial charge on any atom is 0.172 e. The molecular weight excluding hydrogens is 265 g/mol. The van der Waals surface area contributed by atoms with E-state index in [2.05, 4.69) is 0 Å². The van der Waals surface area contributed by atoms with Crippen molar-refractivity contribution in [2.24, 2.45) is 0 Å². The van der Waals surface area contributed by atoms with Gasteiger partial charge in [0.05, 0.1) is 16.1 Å². The minimum absolute atomic E-state index is 0.0627. The Balaban J connectivity index is 3.04. The van der Waals surface area contributed by atoms with Crippen LogP contribution >= 0.6 is 22.6 Å². The molecular formula is C9H6INO. The first-order valence-corrected chi connectivity index (χ1v) is 4.90. The second-order valence-electron chi connectivity index (χ2n) is 2.25. The van der Waals surface area contributed by atoms with Gasteiger partial charge in [0.2, 0.25) is 0 Å². The summed E-state index contributed by atoms with van der Waals surface area (Å²) in [4.78, 5) is 11.2. The zero-order chi connectivity index (χ0) is 8.97. The molecule has 0 bridgehead atoms. The summed E-state index contributed by atoms with van der Waals surface area (Å²) in [5.74, 6) is 0.0627. The number of ketones is 1. The first kappa shape index (κ1) is 9.20. The average molecular weight is 271 g/mol. The average Bonchev–Trinajstić information content (AvgIpc) is 2.17. The van der Waals surface area contributed by atoms with Gasteiger partial charge in [-0.25, -0.2) is 0 Å². The van der Waals surface area contributed by atoms with Gasteiger partial charge < -0.3 is 0 Å². The van der Waals surface area contributed by atoms with E-state index in [9.17, 15) is 4.79 Å². The summed E-state index contributed by atoms with van der Waals surface area (Å²) in [5, 5.41) is 8.55. The Kier molecular flexibility index (Phi) is 3.23. The third kappa shape index (κ3) is 2.05. The van der Waals surface area contributed by atoms with E-state index in [1.54, 1.807) is 24.3 Å². The van der Waals surface area contributed by atoms with Crippen molar-refractivity contribution in [1.29, 1.82) is 5.26 Å². The molecule has 2 nitrogen and oxygen atoms in total. The van der Waals surface area contributed by atoms with E-state index in [4.69, 9.17) is 5.26 Å². The lowest BCUT2D eigenvalue weighted by Crippen LogP contribution is -1.99. The highest BCUT2D eigenvalue weighted by Crippen LogP contribution is 2.06. The topological polar surface area (TPSA) is 40.9 Å². The van der Waals surface area contributed by atoms with Crippen LogP contribution < -0.4 is 0 Å². The Morgan fingerprint density at radius 1 is 1.58 bits per heavy atom. The summed E-state index contributed by atoms with van der Waals surface area (Å²) in [5.41, 5.74) is 1.15. The largest absolute Gasteiger partial charge is 0.293 e. The number of alkyl halides is 1. The zero-order valence-corrected chi connectivity index (χ0v) is 8.41. The smallest absolute Gasteiger partial charge is 0.172 e. The molecule has 1 rings (SSSR count). The molecule has 0 atom stereocenters. The molecule has 0 saturated carbocycles.